The van der Waals surface area contributed by atoms with Gasteiger partial charge in [0.1, 0.15) is 0 Å². The highest BCUT2D eigenvalue weighted by atomic mass is 16.1. The van der Waals surface area contributed by atoms with Gasteiger partial charge in [-0.1, -0.05) is 36.4 Å². The van der Waals surface area contributed by atoms with Gasteiger partial charge in [0.15, 0.2) is 11.6 Å². The van der Waals surface area contributed by atoms with Crippen molar-refractivity contribution in [2.75, 3.05) is 18.0 Å². The van der Waals surface area contributed by atoms with Gasteiger partial charge in [0.05, 0.1) is 11.5 Å². The van der Waals surface area contributed by atoms with Gasteiger partial charge in [0.2, 0.25) is 5.91 Å². The van der Waals surface area contributed by atoms with E-state index in [9.17, 15) is 14.4 Å². The maximum absolute atomic E-state index is 13.1. The predicted molar refractivity (Wildman–Crippen MR) is 93.9 cm³/mol. The van der Waals surface area contributed by atoms with Crippen LogP contribution >= 0.6 is 0 Å². The van der Waals surface area contributed by atoms with Crippen LogP contribution in [-0.4, -0.2) is 30.6 Å². The molecule has 0 bridgehead atoms. The molecule has 4 rings (SSSR count). The first-order valence-electron chi connectivity index (χ1n) is 8.43. The van der Waals surface area contributed by atoms with Crippen molar-refractivity contribution in [3.63, 3.8) is 0 Å². The predicted octanol–water partition coefficient (Wildman–Crippen LogP) is 2.16. The van der Waals surface area contributed by atoms with Crippen LogP contribution in [0, 0.1) is 5.92 Å². The topological polar surface area (TPSA) is 80.5 Å². The Balaban J connectivity index is 1.81. The molecule has 0 unspecified atom stereocenters. The molecule has 1 heterocycles. The summed E-state index contributed by atoms with van der Waals surface area (Å²) in [7, 11) is 0. The van der Waals surface area contributed by atoms with Gasteiger partial charge in [-0.15, -0.1) is 0 Å². The van der Waals surface area contributed by atoms with Gasteiger partial charge in [-0.3, -0.25) is 14.4 Å². The Bertz CT molecular complexity index is 904. The van der Waals surface area contributed by atoms with E-state index in [1.807, 2.05) is 11.0 Å². The lowest BCUT2D eigenvalue weighted by atomic mass is 9.82. The molecule has 0 spiro atoms. The summed E-state index contributed by atoms with van der Waals surface area (Å²) in [5.74, 6) is -0.814. The number of rotatable bonds is 2. The normalized spacial score (nSPS) is 19.4. The number of ketones is 2. The van der Waals surface area contributed by atoms with E-state index in [0.29, 0.717) is 28.8 Å². The average Bonchev–Trinajstić information content (AvgIpc) is 2.65. The molecule has 1 aliphatic heterocycles. The van der Waals surface area contributed by atoms with Crippen LogP contribution in [0.3, 0.4) is 0 Å². The van der Waals surface area contributed by atoms with Gasteiger partial charge < -0.3 is 10.6 Å². The molecule has 2 aromatic carbocycles. The highest BCUT2D eigenvalue weighted by Crippen LogP contribution is 2.35. The largest absolute Gasteiger partial charge is 0.370 e. The Kier molecular flexibility index (Phi) is 3.64. The molecular weight excluding hydrogens is 316 g/mol. The highest BCUT2D eigenvalue weighted by molar-refractivity contribution is 6.30. The molecule has 2 N–H and O–H groups in total. The molecule has 1 aliphatic carbocycles. The van der Waals surface area contributed by atoms with Crippen LogP contribution in [0.5, 0.6) is 0 Å². The van der Waals surface area contributed by atoms with Gasteiger partial charge in [-0.2, -0.15) is 0 Å². The highest BCUT2D eigenvalue weighted by Gasteiger charge is 2.34. The smallest absolute Gasteiger partial charge is 0.222 e. The van der Waals surface area contributed by atoms with E-state index in [0.717, 1.165) is 25.1 Å². The quantitative estimate of drug-likeness (QED) is 0.779. The lowest BCUT2D eigenvalue weighted by Gasteiger charge is -2.35. The number of benzene rings is 2. The minimum atomic E-state index is -0.317. The van der Waals surface area contributed by atoms with Crippen molar-refractivity contribution < 1.29 is 14.4 Å². The van der Waals surface area contributed by atoms with Crippen LogP contribution < -0.4 is 10.6 Å². The molecule has 0 saturated carbocycles. The molecule has 1 amide bonds. The maximum atomic E-state index is 13.1. The zero-order valence-corrected chi connectivity index (χ0v) is 13.7. The van der Waals surface area contributed by atoms with Crippen molar-refractivity contribution in [2.45, 2.75) is 12.8 Å². The number of anilines is 1. The minimum Gasteiger partial charge on any atom is -0.370 e. The molecule has 1 saturated heterocycles. The molecule has 5 heteroatoms. The number of nitrogens with zero attached hydrogens (tertiary/aromatic N) is 1. The number of carbonyl (C=O) groups excluding carboxylic acids is 3. The minimum absolute atomic E-state index is 0.129. The molecular formula is C20H18N2O3. The van der Waals surface area contributed by atoms with E-state index in [4.69, 9.17) is 5.73 Å². The molecule has 5 nitrogen and oxygen atoms in total. The molecule has 1 atom stereocenters. The number of fused-ring (bicyclic) bond motifs is 2. The fraction of sp³-hybridized carbons (Fsp3) is 0.250. The first-order chi connectivity index (χ1) is 12.1. The summed E-state index contributed by atoms with van der Waals surface area (Å²) in [5.41, 5.74) is 7.95. The standard InChI is InChI=1S/C20H18N2O3/c21-20(25)12-5-4-10-22(11-12)16-9-3-8-15-17(16)19(24)14-7-2-1-6-13(14)18(15)23/h1-3,6-9,12H,4-5,10-11H2,(H2,21,25)/t12-/m0/s1. The van der Waals surface area contributed by atoms with E-state index in [1.165, 1.54) is 0 Å². The SMILES string of the molecule is NC(=O)[C@H]1CCCN(c2cccc3c2C(=O)c2ccccc2C3=O)C1. The number of nitrogens with two attached hydrogens (primary N) is 1. The van der Waals surface area contributed by atoms with Crippen molar-refractivity contribution in [2.24, 2.45) is 11.7 Å². The summed E-state index contributed by atoms with van der Waals surface area (Å²) in [6.45, 7) is 1.22. The van der Waals surface area contributed by atoms with E-state index >= 15 is 0 Å². The third-order valence-corrected chi connectivity index (χ3v) is 5.09. The van der Waals surface area contributed by atoms with Crippen LogP contribution in [0.1, 0.15) is 44.7 Å². The molecule has 0 radical (unpaired) electrons. The van der Waals surface area contributed by atoms with Crippen molar-refractivity contribution in [1.29, 1.82) is 0 Å². The third-order valence-electron chi connectivity index (χ3n) is 5.09. The number of carbonyl (C=O) groups is 3. The molecule has 25 heavy (non-hydrogen) atoms. The summed E-state index contributed by atoms with van der Waals surface area (Å²) in [5, 5.41) is 0. The number of amides is 1. The van der Waals surface area contributed by atoms with E-state index < -0.39 is 0 Å². The summed E-state index contributed by atoms with van der Waals surface area (Å²) in [6.07, 6.45) is 1.59. The van der Waals surface area contributed by atoms with Gasteiger partial charge in [0, 0.05) is 35.5 Å². The zero-order chi connectivity index (χ0) is 17.6. The van der Waals surface area contributed by atoms with Gasteiger partial charge in [0.25, 0.3) is 0 Å². The second-order valence-corrected chi connectivity index (χ2v) is 6.59. The molecule has 0 aromatic heterocycles. The Hall–Kier alpha value is -2.95. The average molecular weight is 334 g/mol. The van der Waals surface area contributed by atoms with Crippen molar-refractivity contribution in [1.82, 2.24) is 0 Å². The van der Waals surface area contributed by atoms with Crippen LogP contribution in [0.15, 0.2) is 42.5 Å². The number of hydrogen-bond donors (Lipinski definition) is 1. The number of piperidine rings is 1. The Morgan fingerprint density at radius 2 is 1.64 bits per heavy atom. The summed E-state index contributed by atoms with van der Waals surface area (Å²) in [4.78, 5) is 39.5. The zero-order valence-electron chi connectivity index (χ0n) is 13.7. The third kappa shape index (κ3) is 2.43. The van der Waals surface area contributed by atoms with Gasteiger partial charge in [-0.25, -0.2) is 0 Å². The summed E-state index contributed by atoms with van der Waals surface area (Å²) < 4.78 is 0. The number of primary amides is 1. The van der Waals surface area contributed by atoms with Crippen LogP contribution in [0.2, 0.25) is 0 Å². The lowest BCUT2D eigenvalue weighted by molar-refractivity contribution is -0.122. The molecule has 1 fully saturated rings. The number of hydrogen-bond acceptors (Lipinski definition) is 4. The first-order valence-corrected chi connectivity index (χ1v) is 8.43. The summed E-state index contributed by atoms with van der Waals surface area (Å²) >= 11 is 0. The van der Waals surface area contributed by atoms with Crippen molar-refractivity contribution in [3.8, 4) is 0 Å². The Labute approximate surface area is 145 Å². The van der Waals surface area contributed by atoms with Gasteiger partial charge in [-0.05, 0) is 18.9 Å². The van der Waals surface area contributed by atoms with Crippen molar-refractivity contribution >= 4 is 23.2 Å². The Morgan fingerprint density at radius 1 is 0.960 bits per heavy atom. The molecule has 126 valence electrons. The lowest BCUT2D eigenvalue weighted by Crippen LogP contribution is -2.42. The fourth-order valence-electron chi connectivity index (χ4n) is 3.82. The van der Waals surface area contributed by atoms with E-state index in [-0.39, 0.29) is 23.4 Å². The monoisotopic (exact) mass is 334 g/mol. The second-order valence-electron chi connectivity index (χ2n) is 6.59. The van der Waals surface area contributed by atoms with Crippen molar-refractivity contribution in [3.05, 3.63) is 64.7 Å². The van der Waals surface area contributed by atoms with E-state index in [2.05, 4.69) is 0 Å². The Morgan fingerprint density at radius 3 is 2.36 bits per heavy atom. The molecule has 2 aliphatic rings. The van der Waals surface area contributed by atoms with Gasteiger partial charge >= 0.3 is 0 Å². The fourth-order valence-corrected chi connectivity index (χ4v) is 3.82. The first kappa shape index (κ1) is 15.6. The second kappa shape index (κ2) is 5.84. The van der Waals surface area contributed by atoms with Crippen LogP contribution in [0.25, 0.3) is 0 Å². The summed E-state index contributed by atoms with van der Waals surface area (Å²) in [6, 6.07) is 12.3. The van der Waals surface area contributed by atoms with E-state index in [1.54, 1.807) is 36.4 Å². The maximum Gasteiger partial charge on any atom is 0.222 e. The van der Waals surface area contributed by atoms with Crippen LogP contribution in [0.4, 0.5) is 5.69 Å². The van der Waals surface area contributed by atoms with Crippen LogP contribution in [-0.2, 0) is 4.79 Å². The molecule has 2 aromatic rings.